The van der Waals surface area contributed by atoms with Crippen molar-refractivity contribution in [3.63, 3.8) is 0 Å². The van der Waals surface area contributed by atoms with Crippen LogP contribution in [-0.4, -0.2) is 11.8 Å². The maximum atomic E-state index is 11.6. The summed E-state index contributed by atoms with van der Waals surface area (Å²) in [6, 6.07) is 18.5. The second-order valence-corrected chi connectivity index (χ2v) is 4.30. The highest BCUT2D eigenvalue weighted by molar-refractivity contribution is 5.61. The maximum Gasteiger partial charge on any atom is 0.358 e. The Hall–Kier alpha value is -2.75. The van der Waals surface area contributed by atoms with Gasteiger partial charge in [-0.15, -0.1) is 0 Å². The van der Waals surface area contributed by atoms with E-state index in [0.717, 1.165) is 22.7 Å². The molecule has 1 aromatic heterocycles. The van der Waals surface area contributed by atoms with Gasteiger partial charge in [0.05, 0.1) is 24.6 Å². The fourth-order valence-electron chi connectivity index (χ4n) is 2.05. The Morgan fingerprint density at radius 3 is 2.35 bits per heavy atom. The average molecular weight is 267 g/mol. The highest BCUT2D eigenvalue weighted by Crippen LogP contribution is 2.23. The third-order valence-electron chi connectivity index (χ3n) is 3.03. The minimum absolute atomic E-state index is 0.375. The van der Waals surface area contributed by atoms with Crippen LogP contribution in [0.25, 0.3) is 16.9 Å². The quantitative estimate of drug-likeness (QED) is 0.732. The summed E-state index contributed by atoms with van der Waals surface area (Å²) < 4.78 is 11.9. The van der Waals surface area contributed by atoms with Gasteiger partial charge in [0.25, 0.3) is 0 Å². The Bertz CT molecular complexity index is 754. The molecule has 4 heteroatoms. The molecule has 0 N–H and O–H groups in total. The van der Waals surface area contributed by atoms with E-state index in [1.807, 2.05) is 54.6 Å². The molecule has 0 radical (unpaired) electrons. The third-order valence-corrected chi connectivity index (χ3v) is 3.03. The normalized spacial score (nSPS) is 10.4. The summed E-state index contributed by atoms with van der Waals surface area (Å²) in [4.78, 5) is 11.6. The second-order valence-electron chi connectivity index (χ2n) is 4.30. The van der Waals surface area contributed by atoms with Gasteiger partial charge in [0.15, 0.2) is 0 Å². The first-order valence-corrected chi connectivity index (χ1v) is 6.21. The number of methoxy groups -OCH3 is 1. The van der Waals surface area contributed by atoms with Crippen molar-refractivity contribution in [1.82, 2.24) is 4.74 Å². The molecule has 3 rings (SSSR count). The Morgan fingerprint density at radius 2 is 1.70 bits per heavy atom. The molecule has 1 heterocycles. The fraction of sp³-hybridized carbons (Fsp3) is 0.0625. The van der Waals surface area contributed by atoms with Crippen molar-refractivity contribution in [2.45, 2.75) is 0 Å². The molecule has 20 heavy (non-hydrogen) atoms. The van der Waals surface area contributed by atoms with E-state index in [4.69, 9.17) is 9.26 Å². The highest BCUT2D eigenvalue weighted by atomic mass is 16.5. The summed E-state index contributed by atoms with van der Waals surface area (Å²) >= 11 is 0. The summed E-state index contributed by atoms with van der Waals surface area (Å²) in [5, 5.41) is 0. The van der Waals surface area contributed by atoms with Crippen molar-refractivity contribution in [2.24, 2.45) is 0 Å². The van der Waals surface area contributed by atoms with Crippen molar-refractivity contribution in [1.29, 1.82) is 0 Å². The van der Waals surface area contributed by atoms with E-state index in [1.54, 1.807) is 7.11 Å². The van der Waals surface area contributed by atoms with E-state index in [1.165, 1.54) is 10.8 Å². The van der Waals surface area contributed by atoms with Crippen molar-refractivity contribution >= 4 is 0 Å². The van der Waals surface area contributed by atoms with Crippen LogP contribution in [0, 0.1) is 0 Å². The molecule has 0 bridgehead atoms. The number of hydrogen-bond acceptors (Lipinski definition) is 3. The topological polar surface area (TPSA) is 44.4 Å². The lowest BCUT2D eigenvalue weighted by Gasteiger charge is -2.07. The first kappa shape index (κ1) is 12.3. The lowest BCUT2D eigenvalue weighted by atomic mass is 10.1. The number of aromatic nitrogens is 1. The third kappa shape index (κ3) is 2.23. The largest absolute Gasteiger partial charge is 0.497 e. The summed E-state index contributed by atoms with van der Waals surface area (Å²) in [5.74, 6) is 0.754. The molecule has 0 fully saturated rings. The van der Waals surface area contributed by atoms with E-state index >= 15 is 0 Å². The van der Waals surface area contributed by atoms with Gasteiger partial charge in [0.1, 0.15) is 5.75 Å². The monoisotopic (exact) mass is 267 g/mol. The molecule has 2 aromatic carbocycles. The molecule has 0 unspecified atom stereocenters. The van der Waals surface area contributed by atoms with Crippen LogP contribution in [0.5, 0.6) is 5.75 Å². The molecule has 0 atom stereocenters. The van der Waals surface area contributed by atoms with Crippen LogP contribution in [0.1, 0.15) is 0 Å². The van der Waals surface area contributed by atoms with E-state index in [0.29, 0.717) is 0 Å². The molecule has 0 saturated heterocycles. The van der Waals surface area contributed by atoms with Crippen LogP contribution in [-0.2, 0) is 0 Å². The number of hydrogen-bond donors (Lipinski definition) is 0. The van der Waals surface area contributed by atoms with Gasteiger partial charge in [0.2, 0.25) is 0 Å². The van der Waals surface area contributed by atoms with E-state index in [-0.39, 0.29) is 5.63 Å². The summed E-state index contributed by atoms with van der Waals surface area (Å²) in [6.45, 7) is 0. The number of rotatable bonds is 3. The van der Waals surface area contributed by atoms with Gasteiger partial charge in [-0.2, -0.15) is 4.74 Å². The summed E-state index contributed by atoms with van der Waals surface area (Å²) in [5.41, 5.74) is 2.04. The minimum atomic E-state index is -0.375. The average Bonchev–Trinajstić information content (AvgIpc) is 2.90. The van der Waals surface area contributed by atoms with Crippen LogP contribution >= 0.6 is 0 Å². The van der Waals surface area contributed by atoms with Gasteiger partial charge in [-0.05, 0) is 24.3 Å². The molecule has 0 saturated carbocycles. The molecule has 3 aromatic rings. The highest BCUT2D eigenvalue weighted by Gasteiger charge is 2.10. The molecule has 100 valence electrons. The molecular weight excluding hydrogens is 254 g/mol. The van der Waals surface area contributed by atoms with Gasteiger partial charge in [-0.1, -0.05) is 30.3 Å². The van der Waals surface area contributed by atoms with Crippen LogP contribution < -0.4 is 10.4 Å². The molecule has 4 nitrogen and oxygen atoms in total. The Kier molecular flexibility index (Phi) is 3.13. The van der Waals surface area contributed by atoms with Crippen LogP contribution in [0.15, 0.2) is 70.0 Å². The predicted molar refractivity (Wildman–Crippen MR) is 76.3 cm³/mol. The minimum Gasteiger partial charge on any atom is -0.497 e. The molecule has 0 aliphatic rings. The number of nitrogens with zero attached hydrogens (tertiary/aromatic N) is 1. The molecule has 0 spiro atoms. The van der Waals surface area contributed by atoms with E-state index < -0.39 is 0 Å². The number of ether oxygens (including phenoxy) is 1. The predicted octanol–water partition coefficient (Wildman–Crippen LogP) is 3.11. The lowest BCUT2D eigenvalue weighted by Crippen LogP contribution is -1.96. The smallest absolute Gasteiger partial charge is 0.358 e. The summed E-state index contributed by atoms with van der Waals surface area (Å²) in [7, 11) is 1.61. The fourth-order valence-corrected chi connectivity index (χ4v) is 2.05. The van der Waals surface area contributed by atoms with Crippen LogP contribution in [0.3, 0.4) is 0 Å². The van der Waals surface area contributed by atoms with Gasteiger partial charge >= 0.3 is 5.63 Å². The van der Waals surface area contributed by atoms with Crippen LogP contribution in [0.2, 0.25) is 0 Å². The molecule has 0 aliphatic heterocycles. The molecular formula is C16H13NO3. The van der Waals surface area contributed by atoms with E-state index in [2.05, 4.69) is 0 Å². The van der Waals surface area contributed by atoms with Gasteiger partial charge in [-0.25, -0.2) is 4.79 Å². The Morgan fingerprint density at radius 1 is 1.00 bits per heavy atom. The van der Waals surface area contributed by atoms with Crippen molar-refractivity contribution in [3.05, 3.63) is 71.1 Å². The van der Waals surface area contributed by atoms with Gasteiger partial charge < -0.3 is 9.26 Å². The van der Waals surface area contributed by atoms with E-state index in [9.17, 15) is 4.79 Å². The standard InChI is InChI=1S/C16H13NO3/c1-19-14-9-7-13(8-10-14)17-15(11-16(18)20-17)12-5-3-2-4-6-12/h2-11H,1H3. The Balaban J connectivity index is 2.12. The zero-order chi connectivity index (χ0) is 13.9. The van der Waals surface area contributed by atoms with Crippen molar-refractivity contribution < 1.29 is 9.26 Å². The number of benzene rings is 2. The van der Waals surface area contributed by atoms with Crippen molar-refractivity contribution in [3.8, 4) is 22.7 Å². The molecule has 0 amide bonds. The summed E-state index contributed by atoms with van der Waals surface area (Å²) in [6.07, 6.45) is 0. The first-order chi connectivity index (χ1) is 9.78. The lowest BCUT2D eigenvalue weighted by molar-refractivity contribution is 0.326. The van der Waals surface area contributed by atoms with Gasteiger partial charge in [0, 0.05) is 5.56 Å². The van der Waals surface area contributed by atoms with Crippen LogP contribution in [0.4, 0.5) is 0 Å². The SMILES string of the molecule is COc1ccc(-n2oc(=O)cc2-c2ccccc2)cc1. The maximum absolute atomic E-state index is 11.6. The van der Waals surface area contributed by atoms with Crippen molar-refractivity contribution in [2.75, 3.05) is 7.11 Å². The first-order valence-electron chi connectivity index (χ1n) is 6.21. The zero-order valence-corrected chi connectivity index (χ0v) is 10.9. The van der Waals surface area contributed by atoms with Gasteiger partial charge in [-0.3, -0.25) is 0 Å². The second kappa shape index (κ2) is 5.09. The molecule has 0 aliphatic carbocycles. The zero-order valence-electron chi connectivity index (χ0n) is 10.9. The Labute approximate surface area is 115 Å².